The number of para-hydroxylation sites is 1. The van der Waals surface area contributed by atoms with E-state index in [4.69, 9.17) is 9.84 Å². The highest BCUT2D eigenvalue weighted by molar-refractivity contribution is 7.13. The van der Waals surface area contributed by atoms with E-state index in [0.717, 1.165) is 16.3 Å². The molecule has 0 aliphatic carbocycles. The Balaban J connectivity index is 2.23. The predicted molar refractivity (Wildman–Crippen MR) is 73.5 cm³/mol. The zero-order chi connectivity index (χ0) is 13.7. The maximum atomic E-state index is 11.7. The van der Waals surface area contributed by atoms with Crippen molar-refractivity contribution in [1.82, 2.24) is 10.3 Å². The van der Waals surface area contributed by atoms with Gasteiger partial charge in [0.25, 0.3) is 5.91 Å². The van der Waals surface area contributed by atoms with Crippen LogP contribution in [0.4, 0.5) is 0 Å². The second kappa shape index (κ2) is 6.31. The van der Waals surface area contributed by atoms with Crippen molar-refractivity contribution in [2.45, 2.75) is 0 Å². The highest BCUT2D eigenvalue weighted by atomic mass is 32.1. The van der Waals surface area contributed by atoms with E-state index in [2.05, 4.69) is 10.3 Å². The molecule has 0 saturated heterocycles. The molecule has 1 amide bonds. The lowest BCUT2D eigenvalue weighted by atomic mass is 10.2. The van der Waals surface area contributed by atoms with Crippen LogP contribution in [0.25, 0.3) is 10.6 Å². The maximum absolute atomic E-state index is 11.7. The first-order chi connectivity index (χ1) is 9.26. The Labute approximate surface area is 114 Å². The van der Waals surface area contributed by atoms with Gasteiger partial charge in [0.15, 0.2) is 0 Å². The number of nitrogens with zero attached hydrogens (tertiary/aromatic N) is 1. The molecule has 1 aromatic heterocycles. The van der Waals surface area contributed by atoms with Crippen LogP contribution in [0, 0.1) is 0 Å². The Morgan fingerprint density at radius 2 is 2.26 bits per heavy atom. The monoisotopic (exact) mass is 278 g/mol. The number of ether oxygens (including phenoxy) is 1. The van der Waals surface area contributed by atoms with Crippen LogP contribution in [0.3, 0.4) is 0 Å². The number of rotatable bonds is 5. The number of amides is 1. The van der Waals surface area contributed by atoms with Crippen molar-refractivity contribution in [2.75, 3.05) is 20.3 Å². The Morgan fingerprint density at radius 3 is 3.00 bits per heavy atom. The lowest BCUT2D eigenvalue weighted by Crippen LogP contribution is -2.26. The summed E-state index contributed by atoms with van der Waals surface area (Å²) < 4.78 is 5.27. The summed E-state index contributed by atoms with van der Waals surface area (Å²) in [5.41, 5.74) is 1.20. The van der Waals surface area contributed by atoms with Crippen LogP contribution in [0.5, 0.6) is 5.75 Å². The molecule has 1 aromatic carbocycles. The number of hydrogen-bond acceptors (Lipinski definition) is 5. The van der Waals surface area contributed by atoms with Crippen molar-refractivity contribution in [3.05, 3.63) is 35.3 Å². The Morgan fingerprint density at radius 1 is 1.47 bits per heavy atom. The molecule has 5 nitrogen and oxygen atoms in total. The fourth-order valence-corrected chi connectivity index (χ4v) is 2.41. The second-order valence-electron chi connectivity index (χ2n) is 3.72. The van der Waals surface area contributed by atoms with Gasteiger partial charge in [-0.15, -0.1) is 11.3 Å². The van der Waals surface area contributed by atoms with Crippen LogP contribution in [-0.2, 0) is 0 Å². The van der Waals surface area contributed by atoms with Crippen molar-refractivity contribution in [3.63, 3.8) is 0 Å². The average molecular weight is 278 g/mol. The summed E-state index contributed by atoms with van der Waals surface area (Å²) in [5, 5.41) is 13.6. The first-order valence-electron chi connectivity index (χ1n) is 5.74. The molecular formula is C13H14N2O3S. The summed E-state index contributed by atoms with van der Waals surface area (Å²) >= 11 is 1.38. The van der Waals surface area contributed by atoms with E-state index in [-0.39, 0.29) is 19.1 Å². The summed E-state index contributed by atoms with van der Waals surface area (Å²) in [7, 11) is 1.60. The van der Waals surface area contributed by atoms with Gasteiger partial charge < -0.3 is 15.2 Å². The van der Waals surface area contributed by atoms with E-state index < -0.39 is 0 Å². The van der Waals surface area contributed by atoms with E-state index in [1.807, 2.05) is 24.3 Å². The van der Waals surface area contributed by atoms with Gasteiger partial charge in [0.2, 0.25) is 0 Å². The third kappa shape index (κ3) is 3.10. The molecule has 0 unspecified atom stereocenters. The maximum Gasteiger partial charge on any atom is 0.270 e. The quantitative estimate of drug-likeness (QED) is 0.870. The minimum Gasteiger partial charge on any atom is -0.496 e. The number of aliphatic hydroxyl groups is 1. The molecule has 0 spiro atoms. The van der Waals surface area contributed by atoms with Gasteiger partial charge in [0.1, 0.15) is 16.5 Å². The smallest absolute Gasteiger partial charge is 0.270 e. The third-order valence-corrected chi connectivity index (χ3v) is 3.35. The minimum atomic E-state index is -0.286. The van der Waals surface area contributed by atoms with Crippen molar-refractivity contribution in [2.24, 2.45) is 0 Å². The number of nitrogens with one attached hydrogen (secondary N) is 1. The van der Waals surface area contributed by atoms with Gasteiger partial charge in [-0.1, -0.05) is 12.1 Å². The Hall–Kier alpha value is -1.92. The van der Waals surface area contributed by atoms with E-state index in [0.29, 0.717) is 5.69 Å². The van der Waals surface area contributed by atoms with Gasteiger partial charge in [-0.05, 0) is 12.1 Å². The molecule has 0 radical (unpaired) electrons. The number of carbonyl (C=O) groups excluding carboxylic acids is 1. The van der Waals surface area contributed by atoms with Gasteiger partial charge in [-0.25, -0.2) is 4.98 Å². The molecule has 0 atom stereocenters. The van der Waals surface area contributed by atoms with Gasteiger partial charge in [0.05, 0.1) is 19.3 Å². The van der Waals surface area contributed by atoms with Crippen LogP contribution in [0.2, 0.25) is 0 Å². The summed E-state index contributed by atoms with van der Waals surface area (Å²) in [6, 6.07) is 7.52. The van der Waals surface area contributed by atoms with E-state index in [1.54, 1.807) is 12.5 Å². The zero-order valence-electron chi connectivity index (χ0n) is 10.4. The second-order valence-corrected chi connectivity index (χ2v) is 4.58. The number of aromatic nitrogens is 1. The number of hydrogen-bond donors (Lipinski definition) is 2. The molecule has 0 bridgehead atoms. The molecule has 6 heteroatoms. The zero-order valence-corrected chi connectivity index (χ0v) is 11.2. The fourth-order valence-electron chi connectivity index (χ4n) is 1.58. The number of methoxy groups -OCH3 is 1. The highest BCUT2D eigenvalue weighted by Crippen LogP contribution is 2.31. The number of benzene rings is 1. The average Bonchev–Trinajstić information content (AvgIpc) is 2.94. The standard InChI is InChI=1S/C13H14N2O3S/c1-18-11-5-3-2-4-9(11)13-15-10(8-19-13)12(17)14-6-7-16/h2-5,8,16H,6-7H2,1H3,(H,14,17). The van der Waals surface area contributed by atoms with Crippen molar-refractivity contribution >= 4 is 17.2 Å². The van der Waals surface area contributed by atoms with Gasteiger partial charge in [-0.3, -0.25) is 4.79 Å². The van der Waals surface area contributed by atoms with Crippen LogP contribution >= 0.6 is 11.3 Å². The van der Waals surface area contributed by atoms with Crippen molar-refractivity contribution in [1.29, 1.82) is 0 Å². The number of thiazole rings is 1. The molecule has 0 fully saturated rings. The highest BCUT2D eigenvalue weighted by Gasteiger charge is 2.13. The van der Waals surface area contributed by atoms with E-state index >= 15 is 0 Å². The number of carbonyl (C=O) groups is 1. The molecular weight excluding hydrogens is 264 g/mol. The number of aliphatic hydroxyl groups excluding tert-OH is 1. The molecule has 1 heterocycles. The lowest BCUT2D eigenvalue weighted by molar-refractivity contribution is 0.0940. The largest absolute Gasteiger partial charge is 0.496 e. The topological polar surface area (TPSA) is 71.5 Å². The lowest BCUT2D eigenvalue weighted by Gasteiger charge is -2.04. The molecule has 0 aliphatic rings. The van der Waals surface area contributed by atoms with Crippen molar-refractivity contribution < 1.29 is 14.6 Å². The van der Waals surface area contributed by atoms with E-state index in [9.17, 15) is 4.79 Å². The summed E-state index contributed by atoms with van der Waals surface area (Å²) in [6.07, 6.45) is 0. The molecule has 2 N–H and O–H groups in total. The van der Waals surface area contributed by atoms with Crippen LogP contribution in [0.15, 0.2) is 29.6 Å². The molecule has 0 aliphatic heterocycles. The Kier molecular flexibility index (Phi) is 4.48. The molecule has 19 heavy (non-hydrogen) atoms. The van der Waals surface area contributed by atoms with E-state index in [1.165, 1.54) is 11.3 Å². The molecule has 0 saturated carbocycles. The predicted octanol–water partition coefficient (Wildman–Crippen LogP) is 1.54. The van der Waals surface area contributed by atoms with Gasteiger partial charge in [0, 0.05) is 11.9 Å². The minimum absolute atomic E-state index is 0.0881. The van der Waals surface area contributed by atoms with Gasteiger partial charge in [-0.2, -0.15) is 0 Å². The van der Waals surface area contributed by atoms with Crippen LogP contribution in [-0.4, -0.2) is 36.3 Å². The fraction of sp³-hybridized carbons (Fsp3) is 0.231. The SMILES string of the molecule is COc1ccccc1-c1nc(C(=O)NCCO)cs1. The molecule has 2 aromatic rings. The first kappa shape index (κ1) is 13.5. The van der Waals surface area contributed by atoms with Crippen molar-refractivity contribution in [3.8, 4) is 16.3 Å². The summed E-state index contributed by atoms with van der Waals surface area (Å²) in [4.78, 5) is 16.0. The molecule has 2 rings (SSSR count). The molecule has 100 valence electrons. The Bertz CT molecular complexity index is 569. The summed E-state index contributed by atoms with van der Waals surface area (Å²) in [6.45, 7) is 0.135. The van der Waals surface area contributed by atoms with Gasteiger partial charge >= 0.3 is 0 Å². The first-order valence-corrected chi connectivity index (χ1v) is 6.62. The summed E-state index contributed by atoms with van der Waals surface area (Å²) in [5.74, 6) is 0.436. The third-order valence-electron chi connectivity index (χ3n) is 2.47. The normalized spacial score (nSPS) is 10.2. The van der Waals surface area contributed by atoms with Crippen LogP contribution < -0.4 is 10.1 Å². The van der Waals surface area contributed by atoms with Crippen LogP contribution in [0.1, 0.15) is 10.5 Å².